The van der Waals surface area contributed by atoms with Crippen LogP contribution in [0.25, 0.3) is 10.8 Å². The van der Waals surface area contributed by atoms with Crippen molar-refractivity contribution in [3.05, 3.63) is 71.8 Å². The first-order chi connectivity index (χ1) is 15.7. The summed E-state index contributed by atoms with van der Waals surface area (Å²) in [5.74, 6) is 1.80. The molecule has 1 unspecified atom stereocenters. The first-order valence-corrected chi connectivity index (χ1v) is 11.3. The Labute approximate surface area is 188 Å². The van der Waals surface area contributed by atoms with Gasteiger partial charge in [-0.05, 0) is 47.0 Å². The van der Waals surface area contributed by atoms with E-state index in [4.69, 9.17) is 9.47 Å². The Hall–Kier alpha value is -3.09. The lowest BCUT2D eigenvalue weighted by Crippen LogP contribution is -2.50. The van der Waals surface area contributed by atoms with E-state index < -0.39 is 0 Å². The number of carbonyl (C=O) groups is 1. The molecule has 0 radical (unpaired) electrons. The number of ether oxygens (including phenoxy) is 2. The number of carbonyl (C=O) groups excluding carboxylic acids is 1. The quantitative estimate of drug-likeness (QED) is 0.647. The summed E-state index contributed by atoms with van der Waals surface area (Å²) in [6, 6.07) is 21.1. The average molecular weight is 432 g/mol. The molecule has 32 heavy (non-hydrogen) atoms. The Morgan fingerprint density at radius 1 is 0.938 bits per heavy atom. The first-order valence-electron chi connectivity index (χ1n) is 11.3. The van der Waals surface area contributed by atoms with Gasteiger partial charge in [-0.1, -0.05) is 42.5 Å². The predicted molar refractivity (Wildman–Crippen MR) is 125 cm³/mol. The van der Waals surface area contributed by atoms with Crippen LogP contribution in [0.3, 0.4) is 0 Å². The molecule has 6 nitrogen and oxygen atoms in total. The monoisotopic (exact) mass is 431 g/mol. The maximum absolute atomic E-state index is 12.8. The van der Waals surface area contributed by atoms with Crippen molar-refractivity contribution in [1.29, 1.82) is 0 Å². The maximum Gasteiger partial charge on any atom is 0.236 e. The van der Waals surface area contributed by atoms with Crippen LogP contribution in [-0.2, 0) is 11.3 Å². The molecule has 0 spiro atoms. The molecule has 0 aromatic heterocycles. The van der Waals surface area contributed by atoms with Crippen LogP contribution >= 0.6 is 0 Å². The molecular weight excluding hydrogens is 402 g/mol. The molecule has 1 atom stereocenters. The van der Waals surface area contributed by atoms with Gasteiger partial charge in [0.1, 0.15) is 0 Å². The van der Waals surface area contributed by atoms with Crippen LogP contribution in [0.5, 0.6) is 11.5 Å². The van der Waals surface area contributed by atoms with Gasteiger partial charge in [0.15, 0.2) is 11.5 Å². The third-order valence-corrected chi connectivity index (χ3v) is 6.40. The molecule has 166 valence electrons. The lowest BCUT2D eigenvalue weighted by Gasteiger charge is -2.35. The Morgan fingerprint density at radius 2 is 1.72 bits per heavy atom. The molecule has 2 aliphatic rings. The van der Waals surface area contributed by atoms with E-state index in [1.165, 1.54) is 21.9 Å². The van der Waals surface area contributed by atoms with E-state index in [1.54, 1.807) is 0 Å². The first kappa shape index (κ1) is 20.8. The molecule has 3 aromatic carbocycles. The fourth-order valence-electron chi connectivity index (χ4n) is 4.40. The van der Waals surface area contributed by atoms with Crippen molar-refractivity contribution in [3.63, 3.8) is 0 Å². The van der Waals surface area contributed by atoms with Gasteiger partial charge >= 0.3 is 0 Å². The third-order valence-electron chi connectivity index (χ3n) is 6.40. The normalized spacial score (nSPS) is 17.0. The molecule has 1 fully saturated rings. The van der Waals surface area contributed by atoms with Crippen molar-refractivity contribution in [3.8, 4) is 11.5 Å². The Morgan fingerprint density at radius 3 is 2.56 bits per heavy atom. The number of nitrogens with one attached hydrogen (secondary N) is 1. The highest BCUT2D eigenvalue weighted by atomic mass is 16.7. The molecule has 0 aliphatic carbocycles. The van der Waals surface area contributed by atoms with E-state index >= 15 is 0 Å². The van der Waals surface area contributed by atoms with Crippen LogP contribution < -0.4 is 14.8 Å². The topological polar surface area (TPSA) is 54.0 Å². The highest BCUT2D eigenvalue weighted by Gasteiger charge is 2.22. The predicted octanol–water partition coefficient (Wildman–Crippen LogP) is 3.56. The van der Waals surface area contributed by atoms with Crippen LogP contribution in [0.1, 0.15) is 24.1 Å². The molecule has 1 saturated heterocycles. The van der Waals surface area contributed by atoms with Crippen molar-refractivity contribution < 1.29 is 14.3 Å². The number of rotatable bonds is 6. The van der Waals surface area contributed by atoms with E-state index in [-0.39, 0.29) is 11.9 Å². The van der Waals surface area contributed by atoms with E-state index in [0.717, 1.165) is 44.2 Å². The van der Waals surface area contributed by atoms with Crippen LogP contribution in [-0.4, -0.2) is 55.2 Å². The molecule has 2 heterocycles. The Bertz CT molecular complexity index is 1110. The van der Waals surface area contributed by atoms with E-state index in [2.05, 4.69) is 71.7 Å². The van der Waals surface area contributed by atoms with Crippen LogP contribution in [0.2, 0.25) is 0 Å². The lowest BCUT2D eigenvalue weighted by molar-refractivity contribution is -0.132. The SMILES string of the molecule is CC(NCC(=O)N1CCN(Cc2ccc3c(c2)OCO3)CC1)c1ccc2ccccc2c1. The summed E-state index contributed by atoms with van der Waals surface area (Å²) in [4.78, 5) is 17.1. The zero-order valence-corrected chi connectivity index (χ0v) is 18.4. The molecule has 0 saturated carbocycles. The van der Waals surface area contributed by atoms with Gasteiger partial charge in [0.25, 0.3) is 0 Å². The van der Waals surface area contributed by atoms with Crippen molar-refractivity contribution in [1.82, 2.24) is 15.1 Å². The Kier molecular flexibility index (Phi) is 5.97. The molecule has 0 bridgehead atoms. The second kappa shape index (κ2) is 9.18. The van der Waals surface area contributed by atoms with Gasteiger partial charge in [0, 0.05) is 38.8 Å². The maximum atomic E-state index is 12.8. The standard InChI is InChI=1S/C26H29N3O3/c1-19(22-8-7-21-4-2-3-5-23(21)15-22)27-16-26(30)29-12-10-28(11-13-29)17-20-6-9-24-25(14-20)32-18-31-24/h2-9,14-15,19,27H,10-13,16-18H2,1H3. The van der Waals surface area contributed by atoms with Crippen molar-refractivity contribution in [2.45, 2.75) is 19.5 Å². The summed E-state index contributed by atoms with van der Waals surface area (Å²) in [6.07, 6.45) is 0. The summed E-state index contributed by atoms with van der Waals surface area (Å²) in [6.45, 7) is 6.89. The second-order valence-corrected chi connectivity index (χ2v) is 8.55. The number of piperazine rings is 1. The molecule has 1 amide bonds. The van der Waals surface area contributed by atoms with Gasteiger partial charge < -0.3 is 19.7 Å². The third kappa shape index (κ3) is 4.56. The van der Waals surface area contributed by atoms with Crippen LogP contribution in [0.15, 0.2) is 60.7 Å². The minimum Gasteiger partial charge on any atom is -0.454 e. The van der Waals surface area contributed by atoms with Crippen LogP contribution in [0.4, 0.5) is 0 Å². The highest BCUT2D eigenvalue weighted by Crippen LogP contribution is 2.32. The summed E-state index contributed by atoms with van der Waals surface area (Å²) in [5.41, 5.74) is 2.41. The minimum atomic E-state index is 0.121. The summed E-state index contributed by atoms with van der Waals surface area (Å²) < 4.78 is 10.9. The fourth-order valence-corrected chi connectivity index (χ4v) is 4.40. The second-order valence-electron chi connectivity index (χ2n) is 8.55. The van der Waals surface area contributed by atoms with Gasteiger partial charge in [-0.3, -0.25) is 9.69 Å². The molecular formula is C26H29N3O3. The van der Waals surface area contributed by atoms with Crippen molar-refractivity contribution in [2.75, 3.05) is 39.5 Å². The highest BCUT2D eigenvalue weighted by molar-refractivity contribution is 5.83. The van der Waals surface area contributed by atoms with Gasteiger partial charge in [-0.2, -0.15) is 0 Å². The van der Waals surface area contributed by atoms with E-state index in [1.807, 2.05) is 11.0 Å². The van der Waals surface area contributed by atoms with Crippen molar-refractivity contribution in [2.24, 2.45) is 0 Å². The molecule has 5 rings (SSSR count). The average Bonchev–Trinajstić information content (AvgIpc) is 3.30. The lowest BCUT2D eigenvalue weighted by atomic mass is 10.0. The summed E-state index contributed by atoms with van der Waals surface area (Å²) in [5, 5.41) is 5.86. The van der Waals surface area contributed by atoms with Gasteiger partial charge in [0.05, 0.1) is 6.54 Å². The van der Waals surface area contributed by atoms with Gasteiger partial charge in [-0.25, -0.2) is 0 Å². The summed E-state index contributed by atoms with van der Waals surface area (Å²) >= 11 is 0. The van der Waals surface area contributed by atoms with Crippen molar-refractivity contribution >= 4 is 16.7 Å². The number of hydrogen-bond acceptors (Lipinski definition) is 5. The number of nitrogens with zero attached hydrogens (tertiary/aromatic N) is 2. The van der Waals surface area contributed by atoms with Gasteiger partial charge in [0.2, 0.25) is 12.7 Å². The summed E-state index contributed by atoms with van der Waals surface area (Å²) in [7, 11) is 0. The van der Waals surface area contributed by atoms with Gasteiger partial charge in [-0.15, -0.1) is 0 Å². The number of amides is 1. The smallest absolute Gasteiger partial charge is 0.236 e. The van der Waals surface area contributed by atoms with E-state index in [0.29, 0.717) is 13.3 Å². The minimum absolute atomic E-state index is 0.121. The molecule has 3 aromatic rings. The molecule has 2 aliphatic heterocycles. The molecule has 6 heteroatoms. The van der Waals surface area contributed by atoms with E-state index in [9.17, 15) is 4.79 Å². The number of fused-ring (bicyclic) bond motifs is 2. The number of benzene rings is 3. The molecule has 1 N–H and O–H groups in total. The fraction of sp³-hybridized carbons (Fsp3) is 0.346. The number of hydrogen-bond donors (Lipinski definition) is 1. The Balaban J connectivity index is 1.09. The zero-order chi connectivity index (χ0) is 21.9. The van der Waals surface area contributed by atoms with Crippen LogP contribution in [0, 0.1) is 0 Å². The largest absolute Gasteiger partial charge is 0.454 e. The zero-order valence-electron chi connectivity index (χ0n) is 18.4.